The maximum absolute atomic E-state index is 13.2. The maximum atomic E-state index is 13.2. The molecule has 1 amide bonds. The number of amides is 1. The molecule has 3 aromatic rings. The molecule has 0 atom stereocenters. The van der Waals surface area contributed by atoms with E-state index in [-0.39, 0.29) is 11.9 Å². The third kappa shape index (κ3) is 5.61. The molecule has 0 saturated carbocycles. The summed E-state index contributed by atoms with van der Waals surface area (Å²) in [7, 11) is 0. The molecular weight excluding hydrogens is 484 g/mol. The van der Waals surface area contributed by atoms with Crippen LogP contribution in [0.1, 0.15) is 19.9 Å². The number of imidazole rings is 1. The summed E-state index contributed by atoms with van der Waals surface area (Å²) in [5, 5.41) is 12.9. The van der Waals surface area contributed by atoms with Crippen LogP contribution in [0.25, 0.3) is 11.4 Å². The van der Waals surface area contributed by atoms with Gasteiger partial charge in [-0.1, -0.05) is 6.07 Å². The van der Waals surface area contributed by atoms with E-state index in [1.54, 1.807) is 36.9 Å². The van der Waals surface area contributed by atoms with Crippen LogP contribution in [-0.2, 0) is 4.79 Å². The average Bonchev–Trinajstić information content (AvgIpc) is 3.24. The predicted molar refractivity (Wildman–Crippen MR) is 122 cm³/mol. The molecule has 11 heteroatoms. The van der Waals surface area contributed by atoms with Crippen LogP contribution in [-0.4, -0.2) is 37.6 Å². The van der Waals surface area contributed by atoms with Crippen molar-refractivity contribution in [3.63, 3.8) is 0 Å². The van der Waals surface area contributed by atoms with Crippen LogP contribution in [0.15, 0.2) is 65.4 Å². The molecule has 0 aliphatic rings. The number of alkyl halides is 2. The van der Waals surface area contributed by atoms with E-state index in [9.17, 15) is 13.6 Å². The third-order valence-electron chi connectivity index (χ3n) is 4.32. The fraction of sp³-hybridized carbons (Fsp3) is 0.190. The minimum absolute atomic E-state index is 0.146. The van der Waals surface area contributed by atoms with Crippen molar-refractivity contribution >= 4 is 39.1 Å². The SMILES string of the molecule is CC(C)n1cncc1-c1cccc(NC(=O)/C(=C/Nc2cncc(Br)c2)C(=N)C(F)F)n1. The molecule has 32 heavy (non-hydrogen) atoms. The van der Waals surface area contributed by atoms with Crippen LogP contribution >= 0.6 is 15.9 Å². The normalized spacial score (nSPS) is 11.7. The van der Waals surface area contributed by atoms with E-state index in [4.69, 9.17) is 5.41 Å². The lowest BCUT2D eigenvalue weighted by atomic mass is 10.1. The van der Waals surface area contributed by atoms with Crippen molar-refractivity contribution < 1.29 is 13.6 Å². The van der Waals surface area contributed by atoms with Gasteiger partial charge >= 0.3 is 0 Å². The van der Waals surface area contributed by atoms with Crippen molar-refractivity contribution in [3.05, 3.63) is 65.4 Å². The van der Waals surface area contributed by atoms with Crippen molar-refractivity contribution in [1.82, 2.24) is 19.5 Å². The molecule has 166 valence electrons. The minimum Gasteiger partial charge on any atom is -0.360 e. The molecule has 0 fully saturated rings. The number of nitrogens with zero attached hydrogens (tertiary/aromatic N) is 4. The van der Waals surface area contributed by atoms with Gasteiger partial charge in [-0.15, -0.1) is 0 Å². The van der Waals surface area contributed by atoms with E-state index >= 15 is 0 Å². The van der Waals surface area contributed by atoms with Gasteiger partial charge in [-0.2, -0.15) is 0 Å². The van der Waals surface area contributed by atoms with E-state index in [1.807, 2.05) is 18.4 Å². The Morgan fingerprint density at radius 2 is 2.00 bits per heavy atom. The lowest BCUT2D eigenvalue weighted by Crippen LogP contribution is -2.25. The monoisotopic (exact) mass is 503 g/mol. The lowest BCUT2D eigenvalue weighted by molar-refractivity contribution is -0.112. The Labute approximate surface area is 191 Å². The number of hydrogen-bond acceptors (Lipinski definition) is 6. The molecule has 0 saturated heterocycles. The standard InChI is InChI=1S/C21H20BrF2N7O/c1-12(2)31-11-27-10-17(31)16-4-3-5-18(29-16)30-21(32)15(19(25)20(23)24)9-28-14-6-13(22)7-26-8-14/h3-12,20,25,28H,1-2H3,(H,29,30,32)/b15-9+,25-19?. The number of anilines is 2. The van der Waals surface area contributed by atoms with Crippen LogP contribution in [0, 0.1) is 5.41 Å². The van der Waals surface area contributed by atoms with Crippen LogP contribution in [0.5, 0.6) is 0 Å². The van der Waals surface area contributed by atoms with Crippen molar-refractivity contribution in [2.75, 3.05) is 10.6 Å². The first-order chi connectivity index (χ1) is 15.3. The predicted octanol–water partition coefficient (Wildman–Crippen LogP) is 4.90. The molecule has 0 aliphatic carbocycles. The highest BCUT2D eigenvalue weighted by molar-refractivity contribution is 9.10. The molecular formula is C21H20BrF2N7O. The molecule has 3 N–H and O–H groups in total. The fourth-order valence-corrected chi connectivity index (χ4v) is 3.14. The summed E-state index contributed by atoms with van der Waals surface area (Å²) in [6, 6.07) is 6.77. The highest BCUT2D eigenvalue weighted by atomic mass is 79.9. The quantitative estimate of drug-likeness (QED) is 0.299. The van der Waals surface area contributed by atoms with Crippen LogP contribution < -0.4 is 10.6 Å². The number of aromatic nitrogens is 4. The van der Waals surface area contributed by atoms with E-state index < -0.39 is 23.6 Å². The van der Waals surface area contributed by atoms with E-state index in [1.165, 1.54) is 12.3 Å². The number of pyridine rings is 2. The van der Waals surface area contributed by atoms with Gasteiger partial charge in [-0.05, 0) is 48.0 Å². The van der Waals surface area contributed by atoms with Gasteiger partial charge in [0.25, 0.3) is 12.3 Å². The van der Waals surface area contributed by atoms with Gasteiger partial charge in [0.1, 0.15) is 11.5 Å². The zero-order valence-corrected chi connectivity index (χ0v) is 18.8. The highest BCUT2D eigenvalue weighted by Crippen LogP contribution is 2.22. The summed E-state index contributed by atoms with van der Waals surface area (Å²) in [5.74, 6) is -0.742. The second kappa shape index (κ2) is 10.2. The largest absolute Gasteiger partial charge is 0.360 e. The zero-order valence-electron chi connectivity index (χ0n) is 17.2. The topological polar surface area (TPSA) is 109 Å². The van der Waals surface area contributed by atoms with Crippen molar-refractivity contribution in [3.8, 4) is 11.4 Å². The van der Waals surface area contributed by atoms with Crippen LogP contribution in [0.3, 0.4) is 0 Å². The molecule has 0 unspecified atom stereocenters. The summed E-state index contributed by atoms with van der Waals surface area (Å²) in [6.07, 6.45) is 4.25. The Kier molecular flexibility index (Phi) is 7.41. The number of rotatable bonds is 8. The van der Waals surface area contributed by atoms with E-state index in [0.717, 1.165) is 11.9 Å². The minimum atomic E-state index is -3.13. The van der Waals surface area contributed by atoms with Crippen molar-refractivity contribution in [2.45, 2.75) is 26.3 Å². The molecule has 0 aromatic carbocycles. The summed E-state index contributed by atoms with van der Waals surface area (Å²) in [6.45, 7) is 4.00. The Balaban J connectivity index is 1.85. The number of carbonyl (C=O) groups excluding carboxylic acids is 1. The smallest absolute Gasteiger partial charge is 0.280 e. The highest BCUT2D eigenvalue weighted by Gasteiger charge is 2.23. The summed E-state index contributed by atoms with van der Waals surface area (Å²) < 4.78 is 29.0. The molecule has 8 nitrogen and oxygen atoms in total. The van der Waals surface area contributed by atoms with Gasteiger partial charge in [-0.3, -0.25) is 15.2 Å². The van der Waals surface area contributed by atoms with Crippen molar-refractivity contribution in [2.24, 2.45) is 0 Å². The summed E-state index contributed by atoms with van der Waals surface area (Å²) in [5.41, 5.74) is 0.109. The Morgan fingerprint density at radius 1 is 1.22 bits per heavy atom. The second-order valence-corrected chi connectivity index (χ2v) is 7.87. The van der Waals surface area contributed by atoms with E-state index in [0.29, 0.717) is 15.9 Å². The molecule has 0 bridgehead atoms. The molecule has 3 heterocycles. The number of carbonyl (C=O) groups is 1. The number of nitrogens with one attached hydrogen (secondary N) is 3. The molecule has 0 aliphatic heterocycles. The second-order valence-electron chi connectivity index (χ2n) is 6.95. The van der Waals surface area contributed by atoms with Crippen LogP contribution in [0.2, 0.25) is 0 Å². The van der Waals surface area contributed by atoms with Gasteiger partial charge in [0.05, 0.1) is 41.4 Å². The average molecular weight is 504 g/mol. The molecule has 0 spiro atoms. The summed E-state index contributed by atoms with van der Waals surface area (Å²) >= 11 is 3.25. The van der Waals surface area contributed by atoms with Gasteiger partial charge in [0.2, 0.25) is 0 Å². The van der Waals surface area contributed by atoms with Gasteiger partial charge in [-0.25, -0.2) is 18.7 Å². The van der Waals surface area contributed by atoms with Crippen LogP contribution in [0.4, 0.5) is 20.3 Å². The Morgan fingerprint density at radius 3 is 2.69 bits per heavy atom. The summed E-state index contributed by atoms with van der Waals surface area (Å²) in [4.78, 5) is 25.2. The number of halogens is 3. The first kappa shape index (κ1) is 23.2. The zero-order chi connectivity index (χ0) is 23.3. The Hall–Kier alpha value is -3.47. The van der Waals surface area contributed by atoms with Gasteiger partial charge < -0.3 is 15.2 Å². The van der Waals surface area contributed by atoms with Crippen molar-refractivity contribution in [1.29, 1.82) is 5.41 Å². The lowest BCUT2D eigenvalue weighted by Gasteiger charge is -2.13. The van der Waals surface area contributed by atoms with Gasteiger partial charge in [0.15, 0.2) is 0 Å². The number of hydrogen-bond donors (Lipinski definition) is 3. The maximum Gasteiger partial charge on any atom is 0.280 e. The first-order valence-electron chi connectivity index (χ1n) is 9.51. The Bertz CT molecular complexity index is 1160. The molecule has 0 radical (unpaired) electrons. The van der Waals surface area contributed by atoms with E-state index in [2.05, 4.69) is 41.5 Å². The fourth-order valence-electron chi connectivity index (χ4n) is 2.77. The first-order valence-corrected chi connectivity index (χ1v) is 10.3. The molecule has 3 rings (SSSR count). The third-order valence-corrected chi connectivity index (χ3v) is 4.75. The molecule has 3 aromatic heterocycles. The van der Waals surface area contributed by atoms with Gasteiger partial charge in [0, 0.05) is 22.9 Å².